The Bertz CT molecular complexity index is 1150. The van der Waals surface area contributed by atoms with E-state index < -0.39 is 28.9 Å². The number of carboxylic acid groups (broad SMARTS) is 1. The fraction of sp³-hybridized carbons (Fsp3) is 0.250. The molecular formula is C20H17FN2O4. The number of carbonyl (C=O) groups is 1. The Balaban J connectivity index is 2.01. The number of ether oxygens (including phenoxy) is 1. The van der Waals surface area contributed by atoms with E-state index in [4.69, 9.17) is 4.74 Å². The first-order chi connectivity index (χ1) is 12.8. The van der Waals surface area contributed by atoms with E-state index in [9.17, 15) is 19.1 Å². The lowest BCUT2D eigenvalue weighted by molar-refractivity contribution is 0.0693. The van der Waals surface area contributed by atoms with Crippen LogP contribution in [0.25, 0.3) is 10.9 Å². The van der Waals surface area contributed by atoms with E-state index in [0.717, 1.165) is 23.0 Å². The summed E-state index contributed by atoms with van der Waals surface area (Å²) in [5, 5.41) is 9.39. The first-order valence-electron chi connectivity index (χ1n) is 8.50. The molecule has 1 aromatic carbocycles. The number of pyridine rings is 2. The van der Waals surface area contributed by atoms with Gasteiger partial charge in [0.2, 0.25) is 5.43 Å². The number of aryl methyl sites for hydroxylation is 2. The van der Waals surface area contributed by atoms with Crippen LogP contribution < -0.4 is 10.2 Å². The molecule has 1 N–H and O–H groups in total. The number of rotatable bonds is 2. The van der Waals surface area contributed by atoms with E-state index in [-0.39, 0.29) is 17.2 Å². The molecule has 2 aromatic heterocycles. The molecule has 0 radical (unpaired) electrons. The van der Waals surface area contributed by atoms with Crippen LogP contribution in [0.1, 0.15) is 46.4 Å². The minimum atomic E-state index is -1.35. The van der Waals surface area contributed by atoms with Crippen LogP contribution >= 0.6 is 0 Å². The predicted octanol–water partition coefficient (Wildman–Crippen LogP) is 3.55. The summed E-state index contributed by atoms with van der Waals surface area (Å²) in [7, 11) is 0. The predicted molar refractivity (Wildman–Crippen MR) is 96.9 cm³/mol. The van der Waals surface area contributed by atoms with Crippen molar-refractivity contribution in [1.29, 1.82) is 0 Å². The van der Waals surface area contributed by atoms with Gasteiger partial charge in [-0.2, -0.15) is 0 Å². The number of nitrogens with zero attached hydrogens (tertiary/aromatic N) is 2. The monoisotopic (exact) mass is 368 g/mol. The molecule has 1 aliphatic heterocycles. The van der Waals surface area contributed by atoms with E-state index in [2.05, 4.69) is 4.98 Å². The number of hydrogen-bond acceptors (Lipinski definition) is 4. The summed E-state index contributed by atoms with van der Waals surface area (Å²) in [6.45, 7) is 5.62. The summed E-state index contributed by atoms with van der Waals surface area (Å²) in [6.07, 6.45) is 0.835. The fourth-order valence-electron chi connectivity index (χ4n) is 3.74. The van der Waals surface area contributed by atoms with Gasteiger partial charge in [-0.3, -0.25) is 9.78 Å². The molecule has 3 heterocycles. The number of aromatic carboxylic acids is 1. The van der Waals surface area contributed by atoms with Crippen LogP contribution in [0.2, 0.25) is 0 Å². The lowest BCUT2D eigenvalue weighted by atomic mass is 9.98. The normalized spacial score (nSPS) is 18.4. The van der Waals surface area contributed by atoms with Gasteiger partial charge in [0.15, 0.2) is 0 Å². The number of halogens is 1. The Labute approximate surface area is 153 Å². The quantitative estimate of drug-likeness (QED) is 0.748. The number of aromatic nitrogens is 2. The number of benzene rings is 1. The van der Waals surface area contributed by atoms with E-state index in [1.807, 2.05) is 32.9 Å². The topological polar surface area (TPSA) is 81.4 Å². The maximum Gasteiger partial charge on any atom is 0.341 e. The zero-order valence-electron chi connectivity index (χ0n) is 15.0. The third-order valence-electron chi connectivity index (χ3n) is 4.85. The lowest BCUT2D eigenvalue weighted by Crippen LogP contribution is -2.29. The van der Waals surface area contributed by atoms with Crippen LogP contribution in [0.4, 0.5) is 4.39 Å². The molecule has 6 nitrogen and oxygen atoms in total. The molecule has 0 aliphatic carbocycles. The van der Waals surface area contributed by atoms with E-state index >= 15 is 0 Å². The highest BCUT2D eigenvalue weighted by molar-refractivity contribution is 5.94. The molecule has 7 heteroatoms. The maximum atomic E-state index is 14.1. The zero-order chi connectivity index (χ0) is 19.5. The van der Waals surface area contributed by atoms with Crippen molar-refractivity contribution >= 4 is 16.9 Å². The minimum absolute atomic E-state index is 0.00251. The minimum Gasteiger partial charge on any atom is -0.481 e. The smallest absolute Gasteiger partial charge is 0.341 e. The summed E-state index contributed by atoms with van der Waals surface area (Å²) in [4.78, 5) is 28.4. The molecular weight excluding hydrogens is 351 g/mol. The van der Waals surface area contributed by atoms with Gasteiger partial charge in [-0.25, -0.2) is 9.18 Å². The van der Waals surface area contributed by atoms with Gasteiger partial charge in [0.1, 0.15) is 23.2 Å². The van der Waals surface area contributed by atoms with Crippen molar-refractivity contribution in [3.63, 3.8) is 0 Å². The summed E-state index contributed by atoms with van der Waals surface area (Å²) >= 11 is 0. The summed E-state index contributed by atoms with van der Waals surface area (Å²) in [6, 6.07) is 5.73. The Morgan fingerprint density at radius 1 is 1.22 bits per heavy atom. The molecule has 0 fully saturated rings. The summed E-state index contributed by atoms with van der Waals surface area (Å²) in [5.41, 5.74) is 1.78. The second kappa shape index (κ2) is 5.90. The summed E-state index contributed by atoms with van der Waals surface area (Å²) in [5.74, 6) is -1.78. The number of hydrogen-bond donors (Lipinski definition) is 1. The van der Waals surface area contributed by atoms with Crippen molar-refractivity contribution in [3.05, 3.63) is 69.0 Å². The first-order valence-corrected chi connectivity index (χ1v) is 8.50. The van der Waals surface area contributed by atoms with Crippen LogP contribution in [0, 0.1) is 19.7 Å². The van der Waals surface area contributed by atoms with Gasteiger partial charge in [0, 0.05) is 23.7 Å². The highest BCUT2D eigenvalue weighted by atomic mass is 19.1. The van der Waals surface area contributed by atoms with Crippen LogP contribution in [0.15, 0.2) is 35.3 Å². The third kappa shape index (κ3) is 2.66. The third-order valence-corrected chi connectivity index (χ3v) is 4.85. The van der Waals surface area contributed by atoms with Gasteiger partial charge in [-0.05, 0) is 44.5 Å². The maximum absolute atomic E-state index is 14.1. The molecule has 0 bridgehead atoms. The SMILES string of the molecule is Cc1cc(C2Oc3cc(F)cc4c(=O)c(C(=O)O)cn(c34)C2C)cc(C)n1. The van der Waals surface area contributed by atoms with E-state index in [1.165, 1.54) is 12.3 Å². The average Bonchev–Trinajstić information content (AvgIpc) is 2.58. The summed E-state index contributed by atoms with van der Waals surface area (Å²) < 4.78 is 21.9. The van der Waals surface area contributed by atoms with Gasteiger partial charge in [0.25, 0.3) is 0 Å². The molecule has 4 rings (SSSR count). The van der Waals surface area contributed by atoms with Crippen molar-refractivity contribution < 1.29 is 19.0 Å². The molecule has 1 aliphatic rings. The Morgan fingerprint density at radius 3 is 2.52 bits per heavy atom. The largest absolute Gasteiger partial charge is 0.481 e. The second-order valence-electron chi connectivity index (χ2n) is 6.85. The van der Waals surface area contributed by atoms with Crippen LogP contribution in [0.3, 0.4) is 0 Å². The van der Waals surface area contributed by atoms with Crippen molar-refractivity contribution in [1.82, 2.24) is 9.55 Å². The van der Waals surface area contributed by atoms with Gasteiger partial charge >= 0.3 is 5.97 Å². The van der Waals surface area contributed by atoms with E-state index in [0.29, 0.717) is 5.52 Å². The molecule has 0 spiro atoms. The second-order valence-corrected chi connectivity index (χ2v) is 6.85. The van der Waals surface area contributed by atoms with Crippen LogP contribution in [-0.4, -0.2) is 20.6 Å². The first kappa shape index (κ1) is 17.2. The number of carboxylic acids is 1. The van der Waals surface area contributed by atoms with Gasteiger partial charge in [-0.1, -0.05) is 0 Å². The van der Waals surface area contributed by atoms with Gasteiger partial charge < -0.3 is 14.4 Å². The van der Waals surface area contributed by atoms with Gasteiger partial charge in [0.05, 0.1) is 16.9 Å². The molecule has 3 aromatic rings. The molecule has 138 valence electrons. The molecule has 0 saturated heterocycles. The Morgan fingerprint density at radius 2 is 1.89 bits per heavy atom. The molecule has 0 saturated carbocycles. The molecule has 2 atom stereocenters. The molecule has 2 unspecified atom stereocenters. The highest BCUT2D eigenvalue weighted by Crippen LogP contribution is 2.41. The van der Waals surface area contributed by atoms with Crippen molar-refractivity contribution in [3.8, 4) is 5.75 Å². The van der Waals surface area contributed by atoms with Gasteiger partial charge in [-0.15, -0.1) is 0 Å². The standard InChI is InChI=1S/C20H17FN2O4/c1-9-4-12(5-10(2)22-9)19-11(3)23-8-15(20(25)26)18(24)14-6-13(21)7-16(27-19)17(14)23/h4-8,11,19H,1-3H3,(H,25,26). The van der Waals surface area contributed by atoms with Crippen molar-refractivity contribution in [2.24, 2.45) is 0 Å². The van der Waals surface area contributed by atoms with Crippen LogP contribution in [-0.2, 0) is 0 Å². The van der Waals surface area contributed by atoms with Crippen molar-refractivity contribution in [2.75, 3.05) is 0 Å². The Hall–Kier alpha value is -3.22. The highest BCUT2D eigenvalue weighted by Gasteiger charge is 2.32. The Kier molecular flexibility index (Phi) is 3.76. The van der Waals surface area contributed by atoms with E-state index in [1.54, 1.807) is 4.57 Å². The molecule has 0 amide bonds. The van der Waals surface area contributed by atoms with Crippen LogP contribution in [0.5, 0.6) is 5.75 Å². The zero-order valence-corrected chi connectivity index (χ0v) is 15.0. The van der Waals surface area contributed by atoms with Crippen molar-refractivity contribution in [2.45, 2.75) is 32.9 Å². The fourth-order valence-corrected chi connectivity index (χ4v) is 3.74. The average molecular weight is 368 g/mol. The lowest BCUT2D eigenvalue weighted by Gasteiger charge is -2.34. The molecule has 27 heavy (non-hydrogen) atoms.